The number of benzene rings is 1. The molecule has 1 aliphatic heterocycles. The average molecular weight is 323 g/mol. The van der Waals surface area contributed by atoms with Crippen LogP contribution in [-0.2, 0) is 6.42 Å². The number of nitrogens with zero attached hydrogens (tertiary/aromatic N) is 4. The summed E-state index contributed by atoms with van der Waals surface area (Å²) in [4.78, 5) is 21.3. The first-order chi connectivity index (χ1) is 11.2. The van der Waals surface area contributed by atoms with Crippen molar-refractivity contribution in [2.45, 2.75) is 13.3 Å². The predicted molar refractivity (Wildman–Crippen MR) is 93.4 cm³/mol. The molecule has 0 bridgehead atoms. The number of aromatic nitrogens is 3. The lowest BCUT2D eigenvalue weighted by Crippen LogP contribution is -2.16. The van der Waals surface area contributed by atoms with E-state index in [1.54, 1.807) is 12.3 Å². The molecule has 0 unspecified atom stereocenters. The Kier molecular flexibility index (Phi) is 3.09. The Hall–Kier alpha value is -2.80. The first-order valence-electron chi connectivity index (χ1n) is 7.20. The summed E-state index contributed by atoms with van der Waals surface area (Å²) in [6.07, 6.45) is 4.24. The molecule has 0 saturated carbocycles. The maximum Gasteiger partial charge on any atom is 0.283 e. The van der Waals surface area contributed by atoms with E-state index in [-0.39, 0.29) is 5.56 Å². The summed E-state index contributed by atoms with van der Waals surface area (Å²) in [5.74, 6) is 0.307. The molecule has 23 heavy (non-hydrogen) atoms. The van der Waals surface area contributed by atoms with Gasteiger partial charge in [-0.05, 0) is 18.6 Å². The topological polar surface area (TPSA) is 85.6 Å². The maximum absolute atomic E-state index is 12.3. The molecule has 114 valence electrons. The highest BCUT2D eigenvalue weighted by Gasteiger charge is 2.16. The lowest BCUT2D eigenvalue weighted by molar-refractivity contribution is 0.892. The van der Waals surface area contributed by atoms with Crippen molar-refractivity contribution in [1.82, 2.24) is 14.6 Å². The van der Waals surface area contributed by atoms with Crippen LogP contribution >= 0.6 is 11.3 Å². The molecule has 1 aliphatic rings. The second-order valence-electron chi connectivity index (χ2n) is 5.13. The van der Waals surface area contributed by atoms with Gasteiger partial charge in [-0.1, -0.05) is 36.5 Å². The number of fused-ring (bicyclic) bond motifs is 2. The minimum absolute atomic E-state index is 0.307. The summed E-state index contributed by atoms with van der Waals surface area (Å²) in [7, 11) is 0. The van der Waals surface area contributed by atoms with Gasteiger partial charge in [0.15, 0.2) is 0 Å². The Balaban J connectivity index is 1.92. The van der Waals surface area contributed by atoms with Gasteiger partial charge >= 0.3 is 0 Å². The van der Waals surface area contributed by atoms with Gasteiger partial charge in [-0.15, -0.1) is 0 Å². The molecule has 3 heterocycles. The summed E-state index contributed by atoms with van der Waals surface area (Å²) < 4.78 is 1.54. The van der Waals surface area contributed by atoms with Crippen molar-refractivity contribution in [3.8, 4) is 0 Å². The smallest absolute Gasteiger partial charge is 0.283 e. The molecule has 6 nitrogen and oxygen atoms in total. The van der Waals surface area contributed by atoms with Crippen LogP contribution in [0.2, 0.25) is 0 Å². The highest BCUT2D eigenvalue weighted by Crippen LogP contribution is 2.32. The second-order valence-corrected chi connectivity index (χ2v) is 6.18. The molecule has 3 aromatic rings. The van der Waals surface area contributed by atoms with E-state index < -0.39 is 0 Å². The van der Waals surface area contributed by atoms with Gasteiger partial charge in [0, 0.05) is 17.4 Å². The Labute approximate surface area is 135 Å². The molecule has 0 amide bonds. The number of anilines is 1. The third kappa shape index (κ3) is 2.17. The molecule has 2 N–H and O–H groups in total. The van der Waals surface area contributed by atoms with Gasteiger partial charge < -0.3 is 5.73 Å². The molecule has 0 radical (unpaired) electrons. The molecule has 4 rings (SSSR count). The van der Waals surface area contributed by atoms with Gasteiger partial charge in [-0.3, -0.25) is 9.79 Å². The van der Waals surface area contributed by atoms with Gasteiger partial charge in [0.2, 0.25) is 4.96 Å². The fourth-order valence-corrected chi connectivity index (χ4v) is 3.34. The van der Waals surface area contributed by atoms with E-state index in [4.69, 9.17) is 5.73 Å². The molecular formula is C16H13N5OS. The van der Waals surface area contributed by atoms with E-state index >= 15 is 0 Å². The fourth-order valence-electron chi connectivity index (χ4n) is 2.51. The highest BCUT2D eigenvalue weighted by molar-refractivity contribution is 7.16. The van der Waals surface area contributed by atoms with E-state index in [1.165, 1.54) is 15.9 Å². The van der Waals surface area contributed by atoms with Gasteiger partial charge in [-0.2, -0.15) is 14.6 Å². The Morgan fingerprint density at radius 2 is 2.17 bits per heavy atom. The van der Waals surface area contributed by atoms with E-state index in [0.29, 0.717) is 16.3 Å². The van der Waals surface area contributed by atoms with E-state index in [9.17, 15) is 4.79 Å². The lowest BCUT2D eigenvalue weighted by Gasteiger charge is -2.03. The minimum Gasteiger partial charge on any atom is -0.383 e. The van der Waals surface area contributed by atoms with E-state index in [2.05, 4.69) is 15.1 Å². The molecule has 0 fully saturated rings. The van der Waals surface area contributed by atoms with Crippen molar-refractivity contribution in [2.24, 2.45) is 4.99 Å². The Morgan fingerprint density at radius 3 is 3.00 bits per heavy atom. The van der Waals surface area contributed by atoms with Crippen LogP contribution < -0.4 is 11.3 Å². The number of hydrogen-bond acceptors (Lipinski definition) is 6. The van der Waals surface area contributed by atoms with Crippen LogP contribution in [0.4, 0.5) is 11.5 Å². The van der Waals surface area contributed by atoms with Gasteiger partial charge in [0.25, 0.3) is 5.56 Å². The fraction of sp³-hybridized carbons (Fsp3) is 0.125. The molecule has 2 aromatic heterocycles. The monoisotopic (exact) mass is 323 g/mol. The summed E-state index contributed by atoms with van der Waals surface area (Å²) in [6.45, 7) is 2.00. The zero-order valence-corrected chi connectivity index (χ0v) is 13.2. The zero-order chi connectivity index (χ0) is 16.0. The standard InChI is InChI=1S/C16H13N5OS/c1-2-13-20-21-14(17)11(15(22)19-16(21)23-13)7-9-8-18-12-6-4-3-5-10(9)12/h3-8H,2,17H2,1H3. The summed E-state index contributed by atoms with van der Waals surface area (Å²) in [5, 5.41) is 5.29. The van der Waals surface area contributed by atoms with Crippen molar-refractivity contribution in [3.05, 3.63) is 50.8 Å². The Morgan fingerprint density at radius 1 is 1.35 bits per heavy atom. The third-order valence-electron chi connectivity index (χ3n) is 3.69. The minimum atomic E-state index is -0.348. The van der Waals surface area contributed by atoms with Gasteiger partial charge in [-0.25, -0.2) is 0 Å². The highest BCUT2D eigenvalue weighted by atomic mass is 32.1. The molecular weight excluding hydrogens is 310 g/mol. The molecule has 0 atom stereocenters. The van der Waals surface area contributed by atoms with Crippen LogP contribution in [0.3, 0.4) is 0 Å². The van der Waals surface area contributed by atoms with Crippen LogP contribution in [0.15, 0.2) is 34.1 Å². The summed E-state index contributed by atoms with van der Waals surface area (Å²) >= 11 is 1.38. The van der Waals surface area contributed by atoms with Crippen LogP contribution in [0.25, 0.3) is 16.6 Å². The second kappa shape index (κ2) is 5.13. The first-order valence-corrected chi connectivity index (χ1v) is 8.02. The molecule has 1 aromatic carbocycles. The third-order valence-corrected chi connectivity index (χ3v) is 4.75. The number of aryl methyl sites for hydroxylation is 1. The SMILES string of the molecule is CCc1nn2c(N)c(C=C3C=Nc4ccccc43)c(=O)nc2s1. The molecule has 0 spiro atoms. The van der Waals surface area contributed by atoms with Crippen molar-refractivity contribution in [1.29, 1.82) is 0 Å². The van der Waals surface area contributed by atoms with Crippen LogP contribution in [0.1, 0.15) is 23.1 Å². The maximum atomic E-state index is 12.3. The average Bonchev–Trinajstić information content (AvgIpc) is 3.15. The van der Waals surface area contributed by atoms with Crippen molar-refractivity contribution < 1.29 is 0 Å². The normalized spacial score (nSPS) is 14.7. The number of nitrogens with two attached hydrogens (primary N) is 1. The quantitative estimate of drug-likeness (QED) is 0.785. The van der Waals surface area contributed by atoms with Crippen LogP contribution in [0.5, 0.6) is 0 Å². The van der Waals surface area contributed by atoms with E-state index in [0.717, 1.165) is 28.3 Å². The first kappa shape index (κ1) is 13.8. The summed E-state index contributed by atoms with van der Waals surface area (Å²) in [5.41, 5.74) is 8.86. The van der Waals surface area contributed by atoms with Crippen LogP contribution in [-0.4, -0.2) is 20.8 Å². The van der Waals surface area contributed by atoms with Crippen molar-refractivity contribution >= 4 is 45.7 Å². The van der Waals surface area contributed by atoms with Crippen LogP contribution in [0, 0.1) is 0 Å². The van der Waals surface area contributed by atoms with Gasteiger partial charge in [0.1, 0.15) is 10.8 Å². The molecule has 0 aliphatic carbocycles. The van der Waals surface area contributed by atoms with E-state index in [1.807, 2.05) is 31.2 Å². The number of rotatable bonds is 2. The summed E-state index contributed by atoms with van der Waals surface area (Å²) in [6, 6.07) is 7.76. The zero-order valence-electron chi connectivity index (χ0n) is 12.4. The lowest BCUT2D eigenvalue weighted by atomic mass is 10.1. The number of nitrogen functional groups attached to an aromatic ring is 1. The number of hydrogen-bond donors (Lipinski definition) is 1. The predicted octanol–water partition coefficient (Wildman–Crippen LogP) is 2.55. The van der Waals surface area contributed by atoms with Crippen molar-refractivity contribution in [2.75, 3.05) is 5.73 Å². The van der Waals surface area contributed by atoms with Gasteiger partial charge in [0.05, 0.1) is 11.3 Å². The Bertz CT molecular complexity index is 1040. The number of para-hydroxylation sites is 1. The van der Waals surface area contributed by atoms with Crippen molar-refractivity contribution in [3.63, 3.8) is 0 Å². The molecule has 7 heteroatoms. The number of aliphatic imine (C=N–C) groups is 1. The largest absolute Gasteiger partial charge is 0.383 e. The molecule has 0 saturated heterocycles. The number of allylic oxidation sites excluding steroid dienone is 1.